The highest BCUT2D eigenvalue weighted by atomic mass is 16.5. The van der Waals surface area contributed by atoms with Crippen LogP contribution in [0.2, 0.25) is 0 Å². The van der Waals surface area contributed by atoms with Crippen LogP contribution in [0.1, 0.15) is 19.7 Å². The summed E-state index contributed by atoms with van der Waals surface area (Å²) < 4.78 is 7.07. The number of anilines is 1. The van der Waals surface area contributed by atoms with Gasteiger partial charge in [-0.3, -0.25) is 0 Å². The molecule has 0 atom stereocenters. The van der Waals surface area contributed by atoms with Crippen LogP contribution in [0.25, 0.3) is 11.3 Å². The van der Waals surface area contributed by atoms with E-state index in [1.54, 1.807) is 13.3 Å². The van der Waals surface area contributed by atoms with E-state index in [0.29, 0.717) is 11.7 Å². The lowest BCUT2D eigenvalue weighted by Crippen LogP contribution is -2.04. The molecule has 96 valence electrons. The summed E-state index contributed by atoms with van der Waals surface area (Å²) in [5, 5.41) is 0. The van der Waals surface area contributed by atoms with Gasteiger partial charge in [0.15, 0.2) is 0 Å². The van der Waals surface area contributed by atoms with Crippen molar-refractivity contribution in [2.45, 2.75) is 26.8 Å². The average Bonchev–Trinajstić information content (AvgIpc) is 2.75. The maximum Gasteiger partial charge on any atom is 0.212 e. The second kappa shape index (κ2) is 5.08. The monoisotopic (exact) mass is 246 g/mol. The molecule has 2 N–H and O–H groups in total. The highest BCUT2D eigenvalue weighted by Gasteiger charge is 2.14. The van der Waals surface area contributed by atoms with Crippen LogP contribution in [0.5, 0.6) is 5.88 Å². The molecule has 0 aliphatic heterocycles. The normalized spacial score (nSPS) is 10.6. The van der Waals surface area contributed by atoms with Gasteiger partial charge in [-0.05, 0) is 13.0 Å². The molecule has 2 rings (SSSR count). The lowest BCUT2D eigenvalue weighted by molar-refractivity contribution is 0.398. The minimum absolute atomic E-state index is 0.586. The zero-order valence-corrected chi connectivity index (χ0v) is 11.0. The molecule has 0 spiro atoms. The third-order valence-electron chi connectivity index (χ3n) is 2.94. The first-order valence-electron chi connectivity index (χ1n) is 6.06. The lowest BCUT2D eigenvalue weighted by atomic mass is 10.2. The molecule has 0 unspecified atom stereocenters. The van der Waals surface area contributed by atoms with Crippen LogP contribution < -0.4 is 10.5 Å². The van der Waals surface area contributed by atoms with Crippen molar-refractivity contribution in [2.24, 2.45) is 0 Å². The van der Waals surface area contributed by atoms with E-state index in [-0.39, 0.29) is 0 Å². The number of hydrogen-bond donors (Lipinski definition) is 1. The van der Waals surface area contributed by atoms with Gasteiger partial charge in [0.05, 0.1) is 7.11 Å². The zero-order chi connectivity index (χ0) is 13.1. The highest BCUT2D eigenvalue weighted by Crippen LogP contribution is 2.26. The van der Waals surface area contributed by atoms with Crippen molar-refractivity contribution in [3.63, 3.8) is 0 Å². The van der Waals surface area contributed by atoms with Crippen molar-refractivity contribution >= 4 is 5.82 Å². The van der Waals surface area contributed by atoms with E-state index in [1.165, 1.54) is 0 Å². The smallest absolute Gasteiger partial charge is 0.212 e. The number of ether oxygens (including phenoxy) is 1. The number of nitrogens with zero attached hydrogens (tertiary/aromatic N) is 3. The number of rotatable bonds is 4. The Morgan fingerprint density at radius 1 is 1.33 bits per heavy atom. The molecule has 0 saturated heterocycles. The number of hydrogen-bond acceptors (Lipinski definition) is 4. The summed E-state index contributed by atoms with van der Waals surface area (Å²) in [5.41, 5.74) is 7.84. The van der Waals surface area contributed by atoms with E-state index in [9.17, 15) is 0 Å². The van der Waals surface area contributed by atoms with Crippen LogP contribution >= 0.6 is 0 Å². The fourth-order valence-electron chi connectivity index (χ4n) is 1.99. The molecule has 0 amide bonds. The Kier molecular flexibility index (Phi) is 3.50. The number of aryl methyl sites for hydroxylation is 1. The Morgan fingerprint density at radius 3 is 2.56 bits per heavy atom. The van der Waals surface area contributed by atoms with Crippen molar-refractivity contribution in [3.8, 4) is 17.1 Å². The van der Waals surface area contributed by atoms with Crippen molar-refractivity contribution < 1.29 is 4.74 Å². The second-order valence-corrected chi connectivity index (χ2v) is 3.95. The minimum Gasteiger partial charge on any atom is -0.481 e. The molecule has 0 bridgehead atoms. The topological polar surface area (TPSA) is 66.0 Å². The van der Waals surface area contributed by atoms with E-state index >= 15 is 0 Å². The number of methoxy groups -OCH3 is 1. The Bertz CT molecular complexity index is 531. The molecule has 0 radical (unpaired) electrons. The van der Waals surface area contributed by atoms with Gasteiger partial charge in [-0.15, -0.1) is 0 Å². The summed E-state index contributed by atoms with van der Waals surface area (Å²) in [6.45, 7) is 4.96. The summed E-state index contributed by atoms with van der Waals surface area (Å²) >= 11 is 0. The average molecular weight is 246 g/mol. The zero-order valence-electron chi connectivity index (χ0n) is 11.0. The summed E-state index contributed by atoms with van der Waals surface area (Å²) in [5.74, 6) is 2.28. The third kappa shape index (κ3) is 2.03. The molecule has 18 heavy (non-hydrogen) atoms. The van der Waals surface area contributed by atoms with Gasteiger partial charge < -0.3 is 15.0 Å². The molecule has 5 heteroatoms. The molecule has 0 aliphatic carbocycles. The number of imidazole rings is 1. The summed E-state index contributed by atoms with van der Waals surface area (Å²) in [6, 6.07) is 3.73. The maximum absolute atomic E-state index is 6.13. The van der Waals surface area contributed by atoms with Gasteiger partial charge in [0.25, 0.3) is 0 Å². The Hall–Kier alpha value is -2.04. The number of nitrogens with two attached hydrogens (primary N) is 1. The molecule has 2 heterocycles. The van der Waals surface area contributed by atoms with Crippen molar-refractivity contribution in [3.05, 3.63) is 24.2 Å². The van der Waals surface area contributed by atoms with Crippen molar-refractivity contribution in [1.29, 1.82) is 0 Å². The fraction of sp³-hybridized carbons (Fsp3) is 0.385. The van der Waals surface area contributed by atoms with E-state index in [4.69, 9.17) is 10.5 Å². The van der Waals surface area contributed by atoms with Gasteiger partial charge in [0, 0.05) is 30.8 Å². The highest BCUT2D eigenvalue weighted by molar-refractivity contribution is 5.70. The molecule has 2 aromatic heterocycles. The van der Waals surface area contributed by atoms with E-state index in [0.717, 1.165) is 30.0 Å². The Morgan fingerprint density at radius 2 is 2.11 bits per heavy atom. The van der Waals surface area contributed by atoms with Gasteiger partial charge in [-0.25, -0.2) is 9.97 Å². The van der Waals surface area contributed by atoms with E-state index in [1.807, 2.05) is 16.7 Å². The first-order chi connectivity index (χ1) is 8.71. The lowest BCUT2D eigenvalue weighted by Gasteiger charge is -2.04. The standard InChI is InChI=1S/C13H18N4O/c1-4-10-16-12(13(14)17(10)5-2)9-6-7-11(18-3)15-8-9/h6-8H,4-5,14H2,1-3H3. The molecular formula is C13H18N4O. The van der Waals surface area contributed by atoms with Crippen LogP contribution in [0.15, 0.2) is 18.3 Å². The molecular weight excluding hydrogens is 228 g/mol. The number of aromatic nitrogens is 3. The van der Waals surface area contributed by atoms with Crippen LogP contribution in [0.4, 0.5) is 5.82 Å². The summed E-state index contributed by atoms with van der Waals surface area (Å²) in [6.07, 6.45) is 2.60. The Balaban J connectivity index is 2.46. The minimum atomic E-state index is 0.586. The molecule has 2 aromatic rings. The largest absolute Gasteiger partial charge is 0.481 e. The molecule has 5 nitrogen and oxygen atoms in total. The summed E-state index contributed by atoms with van der Waals surface area (Å²) in [4.78, 5) is 8.76. The van der Waals surface area contributed by atoms with Gasteiger partial charge in [-0.2, -0.15) is 0 Å². The maximum atomic E-state index is 6.13. The van der Waals surface area contributed by atoms with E-state index in [2.05, 4.69) is 23.8 Å². The number of pyridine rings is 1. The van der Waals surface area contributed by atoms with Crippen molar-refractivity contribution in [1.82, 2.24) is 14.5 Å². The predicted molar refractivity (Wildman–Crippen MR) is 71.5 cm³/mol. The van der Waals surface area contributed by atoms with Gasteiger partial charge in [0.1, 0.15) is 17.3 Å². The van der Waals surface area contributed by atoms with Crippen LogP contribution in [0, 0.1) is 0 Å². The second-order valence-electron chi connectivity index (χ2n) is 3.95. The summed E-state index contributed by atoms with van der Waals surface area (Å²) in [7, 11) is 1.59. The molecule has 0 saturated carbocycles. The number of nitrogen functional groups attached to an aromatic ring is 1. The van der Waals surface area contributed by atoms with Gasteiger partial charge in [-0.1, -0.05) is 6.92 Å². The van der Waals surface area contributed by atoms with Crippen LogP contribution in [-0.4, -0.2) is 21.6 Å². The van der Waals surface area contributed by atoms with Crippen LogP contribution in [-0.2, 0) is 13.0 Å². The molecule has 0 fully saturated rings. The fourth-order valence-corrected chi connectivity index (χ4v) is 1.99. The van der Waals surface area contributed by atoms with Gasteiger partial charge in [0.2, 0.25) is 5.88 Å². The predicted octanol–water partition coefficient (Wildman–Crippen LogP) is 2.12. The van der Waals surface area contributed by atoms with E-state index < -0.39 is 0 Å². The quantitative estimate of drug-likeness (QED) is 0.897. The third-order valence-corrected chi connectivity index (χ3v) is 2.94. The Labute approximate surface area is 107 Å². The van der Waals surface area contributed by atoms with Crippen molar-refractivity contribution in [2.75, 3.05) is 12.8 Å². The SMILES string of the molecule is CCc1nc(-c2ccc(OC)nc2)c(N)n1CC. The van der Waals surface area contributed by atoms with Crippen LogP contribution in [0.3, 0.4) is 0 Å². The first-order valence-corrected chi connectivity index (χ1v) is 6.06. The molecule has 0 aromatic carbocycles. The van der Waals surface area contributed by atoms with Gasteiger partial charge >= 0.3 is 0 Å². The first kappa shape index (κ1) is 12.4. The molecule has 0 aliphatic rings.